The summed E-state index contributed by atoms with van der Waals surface area (Å²) in [4.78, 5) is 31.8. The van der Waals surface area contributed by atoms with Crippen molar-refractivity contribution in [3.05, 3.63) is 63.3 Å². The Hall–Kier alpha value is -3.17. The second-order valence-electron chi connectivity index (χ2n) is 6.89. The van der Waals surface area contributed by atoms with Gasteiger partial charge < -0.3 is 14.8 Å². The molecule has 0 bridgehead atoms. The molecule has 0 radical (unpaired) electrons. The van der Waals surface area contributed by atoms with Crippen LogP contribution in [0.3, 0.4) is 0 Å². The van der Waals surface area contributed by atoms with E-state index in [0.717, 1.165) is 16.0 Å². The highest BCUT2D eigenvalue weighted by Crippen LogP contribution is 2.33. The minimum atomic E-state index is -0.279. The lowest BCUT2D eigenvalue weighted by Crippen LogP contribution is -2.33. The number of nitrogens with one attached hydrogen (secondary N) is 1. The van der Waals surface area contributed by atoms with E-state index in [1.807, 2.05) is 41.9 Å². The first-order chi connectivity index (χ1) is 15.0. The van der Waals surface area contributed by atoms with Gasteiger partial charge in [-0.2, -0.15) is 0 Å². The lowest BCUT2D eigenvalue weighted by molar-refractivity contribution is -0.122. The van der Waals surface area contributed by atoms with Gasteiger partial charge in [-0.05, 0) is 36.1 Å². The summed E-state index contributed by atoms with van der Waals surface area (Å²) in [6, 6.07) is 9.12. The molecule has 160 valence electrons. The summed E-state index contributed by atoms with van der Waals surface area (Å²) in [6.45, 7) is 1.76. The zero-order chi connectivity index (χ0) is 22.0. The fourth-order valence-corrected chi connectivity index (χ4v) is 5.06. The average molecular weight is 456 g/mol. The largest absolute Gasteiger partial charge is 0.493 e. The van der Waals surface area contributed by atoms with E-state index in [1.54, 1.807) is 31.6 Å². The van der Waals surface area contributed by atoms with Crippen LogP contribution in [0.1, 0.15) is 18.5 Å². The van der Waals surface area contributed by atoms with Gasteiger partial charge in [-0.1, -0.05) is 12.1 Å². The number of aromatic nitrogens is 2. The van der Waals surface area contributed by atoms with Crippen molar-refractivity contribution in [1.82, 2.24) is 14.9 Å². The number of methoxy groups -OCH3 is 2. The highest BCUT2D eigenvalue weighted by molar-refractivity contribution is 7.18. The number of benzene rings is 1. The summed E-state index contributed by atoms with van der Waals surface area (Å²) in [5.41, 5.74) is 1.51. The van der Waals surface area contributed by atoms with Gasteiger partial charge in [0.2, 0.25) is 5.91 Å². The molecular formula is C22H21N3O4S2. The SMILES string of the molecule is COc1ccc(C(C)NC(=O)Cn2cnc3scc(-c4cccs4)c3c2=O)cc1OC. The Morgan fingerprint density at radius 3 is 2.71 bits per heavy atom. The van der Waals surface area contributed by atoms with E-state index in [9.17, 15) is 9.59 Å². The molecule has 7 nitrogen and oxygen atoms in total. The van der Waals surface area contributed by atoms with E-state index in [-0.39, 0.29) is 24.1 Å². The summed E-state index contributed by atoms with van der Waals surface area (Å²) < 4.78 is 11.9. The Kier molecular flexibility index (Phi) is 6.06. The minimum Gasteiger partial charge on any atom is -0.493 e. The highest BCUT2D eigenvalue weighted by Gasteiger charge is 2.17. The summed E-state index contributed by atoms with van der Waals surface area (Å²) in [6.07, 6.45) is 1.43. The Morgan fingerprint density at radius 2 is 2.00 bits per heavy atom. The molecule has 3 aromatic heterocycles. The van der Waals surface area contributed by atoms with Gasteiger partial charge in [-0.3, -0.25) is 14.2 Å². The molecule has 0 aliphatic carbocycles. The van der Waals surface area contributed by atoms with Gasteiger partial charge in [0.1, 0.15) is 11.4 Å². The molecule has 0 aliphatic heterocycles. The number of nitrogens with zero attached hydrogens (tertiary/aromatic N) is 2. The van der Waals surface area contributed by atoms with Crippen molar-refractivity contribution in [2.75, 3.05) is 14.2 Å². The topological polar surface area (TPSA) is 82.5 Å². The van der Waals surface area contributed by atoms with Crippen LogP contribution >= 0.6 is 22.7 Å². The third-order valence-corrected chi connectivity index (χ3v) is 6.74. The van der Waals surface area contributed by atoms with Crippen molar-refractivity contribution in [3.63, 3.8) is 0 Å². The first-order valence-electron chi connectivity index (χ1n) is 9.53. The molecule has 0 saturated carbocycles. The van der Waals surface area contributed by atoms with Crippen molar-refractivity contribution in [1.29, 1.82) is 0 Å². The molecule has 4 aromatic rings. The number of hydrogen-bond donors (Lipinski definition) is 1. The number of amides is 1. The molecule has 0 fully saturated rings. The number of thiophene rings is 2. The van der Waals surface area contributed by atoms with Crippen LogP contribution < -0.4 is 20.3 Å². The molecule has 0 aliphatic rings. The lowest BCUT2D eigenvalue weighted by Gasteiger charge is -2.17. The Labute approximate surface area is 186 Å². The van der Waals surface area contributed by atoms with Crippen molar-refractivity contribution in [2.24, 2.45) is 0 Å². The molecule has 1 aromatic carbocycles. The van der Waals surface area contributed by atoms with Crippen molar-refractivity contribution in [3.8, 4) is 21.9 Å². The van der Waals surface area contributed by atoms with E-state index in [2.05, 4.69) is 10.3 Å². The normalized spacial score (nSPS) is 12.0. The molecular weight excluding hydrogens is 434 g/mol. The number of carbonyl (C=O) groups is 1. The van der Waals surface area contributed by atoms with Gasteiger partial charge in [-0.25, -0.2) is 4.98 Å². The molecule has 9 heteroatoms. The van der Waals surface area contributed by atoms with E-state index >= 15 is 0 Å². The molecule has 0 saturated heterocycles. The van der Waals surface area contributed by atoms with E-state index in [0.29, 0.717) is 21.7 Å². The maximum absolute atomic E-state index is 13.1. The second-order valence-corrected chi connectivity index (χ2v) is 8.69. The summed E-state index contributed by atoms with van der Waals surface area (Å²) >= 11 is 3.00. The number of ether oxygens (including phenoxy) is 2. The zero-order valence-corrected chi connectivity index (χ0v) is 18.9. The first-order valence-corrected chi connectivity index (χ1v) is 11.3. The van der Waals surface area contributed by atoms with Crippen LogP contribution in [0.25, 0.3) is 20.7 Å². The quantitative estimate of drug-likeness (QED) is 0.454. The molecule has 1 amide bonds. The van der Waals surface area contributed by atoms with Crippen LogP contribution in [0.2, 0.25) is 0 Å². The monoisotopic (exact) mass is 455 g/mol. The number of fused-ring (bicyclic) bond motifs is 1. The lowest BCUT2D eigenvalue weighted by atomic mass is 10.1. The Bertz CT molecular complexity index is 1280. The summed E-state index contributed by atoms with van der Waals surface area (Å²) in [7, 11) is 3.14. The third-order valence-electron chi connectivity index (χ3n) is 4.95. The van der Waals surface area contributed by atoms with Gasteiger partial charge >= 0.3 is 0 Å². The van der Waals surface area contributed by atoms with E-state index < -0.39 is 0 Å². The second kappa shape index (κ2) is 8.91. The molecule has 1 N–H and O–H groups in total. The van der Waals surface area contributed by atoms with Crippen molar-refractivity contribution < 1.29 is 14.3 Å². The summed E-state index contributed by atoms with van der Waals surface area (Å²) in [5.74, 6) is 0.928. The van der Waals surface area contributed by atoms with Crippen molar-refractivity contribution >= 4 is 38.8 Å². The Balaban J connectivity index is 1.54. The zero-order valence-electron chi connectivity index (χ0n) is 17.2. The van der Waals surface area contributed by atoms with E-state index in [1.165, 1.54) is 22.2 Å². The maximum Gasteiger partial charge on any atom is 0.263 e. The fourth-order valence-electron chi connectivity index (χ4n) is 3.34. The highest BCUT2D eigenvalue weighted by atomic mass is 32.1. The van der Waals surface area contributed by atoms with Gasteiger partial charge in [0, 0.05) is 15.8 Å². The van der Waals surface area contributed by atoms with Crippen LogP contribution in [0.4, 0.5) is 0 Å². The predicted octanol–water partition coefficient (Wildman–Crippen LogP) is 4.08. The number of hydrogen-bond acceptors (Lipinski definition) is 7. The summed E-state index contributed by atoms with van der Waals surface area (Å²) in [5, 5.41) is 7.39. The minimum absolute atomic E-state index is 0.112. The first kappa shape index (κ1) is 21.1. The Morgan fingerprint density at radius 1 is 1.19 bits per heavy atom. The van der Waals surface area contributed by atoms with Gasteiger partial charge in [0.15, 0.2) is 11.5 Å². The van der Waals surface area contributed by atoms with Gasteiger partial charge in [0.05, 0.1) is 32.0 Å². The smallest absolute Gasteiger partial charge is 0.263 e. The number of carbonyl (C=O) groups excluding carboxylic acids is 1. The van der Waals surface area contributed by atoms with Crippen LogP contribution in [0.5, 0.6) is 11.5 Å². The fraction of sp³-hybridized carbons (Fsp3) is 0.227. The molecule has 3 heterocycles. The molecule has 0 spiro atoms. The standard InChI is InChI=1S/C22H21N3O4S2/c1-13(14-6-7-16(28-2)17(9-14)29-3)24-19(26)10-25-12-23-21-20(22(25)27)15(11-31-21)18-5-4-8-30-18/h4-9,11-13H,10H2,1-3H3,(H,24,26). The van der Waals surface area contributed by atoms with Crippen LogP contribution in [-0.4, -0.2) is 29.7 Å². The molecule has 1 unspecified atom stereocenters. The number of rotatable bonds is 7. The molecule has 4 rings (SSSR count). The maximum atomic E-state index is 13.1. The molecule has 31 heavy (non-hydrogen) atoms. The average Bonchev–Trinajstić information content (AvgIpc) is 3.45. The van der Waals surface area contributed by atoms with Crippen LogP contribution in [0.15, 0.2) is 52.2 Å². The predicted molar refractivity (Wildman–Crippen MR) is 123 cm³/mol. The van der Waals surface area contributed by atoms with Gasteiger partial charge in [-0.15, -0.1) is 22.7 Å². The van der Waals surface area contributed by atoms with Crippen LogP contribution in [-0.2, 0) is 11.3 Å². The van der Waals surface area contributed by atoms with Crippen LogP contribution in [0, 0.1) is 0 Å². The van der Waals surface area contributed by atoms with E-state index in [4.69, 9.17) is 9.47 Å². The third kappa shape index (κ3) is 4.19. The van der Waals surface area contributed by atoms with Gasteiger partial charge in [0.25, 0.3) is 5.56 Å². The molecule has 1 atom stereocenters. The van der Waals surface area contributed by atoms with Crippen molar-refractivity contribution in [2.45, 2.75) is 19.5 Å².